The molecule has 0 aromatic carbocycles. The van der Waals surface area contributed by atoms with Crippen LogP contribution in [-0.4, -0.2) is 96.7 Å². The number of rotatable bonds is 83. The summed E-state index contributed by atoms with van der Waals surface area (Å²) in [6.07, 6.45) is 66.7. The minimum Gasteiger partial charge on any atom is -0.462 e. The second-order valence-electron chi connectivity index (χ2n) is 31.2. The maximum absolute atomic E-state index is 13.1. The van der Waals surface area contributed by atoms with Crippen LogP contribution in [0.1, 0.15) is 446 Å². The Morgan fingerprint density at radius 3 is 0.660 bits per heavy atom. The van der Waals surface area contributed by atoms with E-state index in [0.717, 1.165) is 102 Å². The summed E-state index contributed by atoms with van der Waals surface area (Å²) in [6, 6.07) is 0. The van der Waals surface area contributed by atoms with Crippen molar-refractivity contribution in [1.29, 1.82) is 0 Å². The topological polar surface area (TPSA) is 237 Å². The normalized spacial score (nSPS) is 13.9. The first kappa shape index (κ1) is 101. The maximum Gasteiger partial charge on any atom is 0.472 e. The Morgan fingerprint density at radius 2 is 0.447 bits per heavy atom. The molecule has 0 amide bonds. The lowest BCUT2D eigenvalue weighted by molar-refractivity contribution is -0.161. The molecule has 0 aliphatic rings. The van der Waals surface area contributed by atoms with E-state index in [4.69, 9.17) is 37.0 Å². The highest BCUT2D eigenvalue weighted by atomic mass is 31.2. The van der Waals surface area contributed by atoms with Crippen molar-refractivity contribution in [1.82, 2.24) is 0 Å². The number of ether oxygens (including phenoxy) is 4. The molecule has 0 saturated heterocycles. The van der Waals surface area contributed by atoms with E-state index in [0.29, 0.717) is 25.7 Å². The van der Waals surface area contributed by atoms with E-state index >= 15 is 0 Å². The average molecular weight is 1510 g/mol. The van der Waals surface area contributed by atoms with Crippen LogP contribution in [0.3, 0.4) is 0 Å². The molecule has 0 fully saturated rings. The second kappa shape index (κ2) is 75.5. The van der Waals surface area contributed by atoms with Crippen molar-refractivity contribution in [3.63, 3.8) is 0 Å². The van der Waals surface area contributed by atoms with E-state index in [-0.39, 0.29) is 25.7 Å². The predicted octanol–water partition coefficient (Wildman–Crippen LogP) is 25.5. The third kappa shape index (κ3) is 78.0. The van der Waals surface area contributed by atoms with Crippen LogP contribution in [0.4, 0.5) is 0 Å². The number of phosphoric acid groups is 2. The molecule has 103 heavy (non-hydrogen) atoms. The molecule has 0 bridgehead atoms. The summed E-state index contributed by atoms with van der Waals surface area (Å²) < 4.78 is 68.8. The molecule has 17 nitrogen and oxygen atoms in total. The highest BCUT2D eigenvalue weighted by molar-refractivity contribution is 7.47. The van der Waals surface area contributed by atoms with Gasteiger partial charge in [0.25, 0.3) is 0 Å². The Bertz CT molecular complexity index is 1980. The van der Waals surface area contributed by atoms with Crippen LogP contribution < -0.4 is 0 Å². The van der Waals surface area contributed by atoms with E-state index in [1.807, 2.05) is 0 Å². The van der Waals surface area contributed by atoms with Crippen molar-refractivity contribution >= 4 is 39.5 Å². The van der Waals surface area contributed by atoms with Crippen LogP contribution in [0.15, 0.2) is 0 Å². The molecule has 0 spiro atoms. The molecule has 0 aliphatic heterocycles. The molecule has 612 valence electrons. The van der Waals surface area contributed by atoms with Gasteiger partial charge in [-0.05, 0) is 37.5 Å². The van der Waals surface area contributed by atoms with Gasteiger partial charge in [0, 0.05) is 25.7 Å². The maximum atomic E-state index is 13.1. The van der Waals surface area contributed by atoms with Gasteiger partial charge in [0.2, 0.25) is 0 Å². The quantitative estimate of drug-likeness (QED) is 0.0222. The largest absolute Gasteiger partial charge is 0.472 e. The van der Waals surface area contributed by atoms with Crippen LogP contribution in [0.2, 0.25) is 0 Å². The van der Waals surface area contributed by atoms with Crippen molar-refractivity contribution in [2.45, 2.75) is 464 Å². The molecule has 19 heteroatoms. The van der Waals surface area contributed by atoms with Crippen molar-refractivity contribution in [2.75, 3.05) is 39.6 Å². The molecule has 5 atom stereocenters. The van der Waals surface area contributed by atoms with Crippen LogP contribution in [0.25, 0.3) is 0 Å². The zero-order valence-corrected chi connectivity index (χ0v) is 69.4. The van der Waals surface area contributed by atoms with Crippen LogP contribution in [0.5, 0.6) is 0 Å². The van der Waals surface area contributed by atoms with Crippen molar-refractivity contribution < 1.29 is 80.2 Å². The number of carbonyl (C=O) groups is 4. The number of hydrogen-bond acceptors (Lipinski definition) is 15. The van der Waals surface area contributed by atoms with Crippen molar-refractivity contribution in [2.24, 2.45) is 11.8 Å². The third-order valence-corrected chi connectivity index (χ3v) is 21.6. The fraction of sp³-hybridized carbons (Fsp3) is 0.952. The first-order chi connectivity index (χ1) is 49.9. The van der Waals surface area contributed by atoms with E-state index in [9.17, 15) is 43.2 Å². The molecular formula is C84H164O17P2. The Morgan fingerprint density at radius 1 is 0.262 bits per heavy atom. The summed E-state index contributed by atoms with van der Waals surface area (Å²) in [6.45, 7) is 9.65. The molecule has 2 unspecified atom stereocenters. The van der Waals surface area contributed by atoms with Crippen molar-refractivity contribution in [3.05, 3.63) is 0 Å². The van der Waals surface area contributed by atoms with Gasteiger partial charge < -0.3 is 33.8 Å². The first-order valence-corrected chi connectivity index (χ1v) is 46.5. The summed E-state index contributed by atoms with van der Waals surface area (Å²) >= 11 is 0. The van der Waals surface area contributed by atoms with E-state index in [1.54, 1.807) is 0 Å². The number of esters is 4. The van der Waals surface area contributed by atoms with Crippen LogP contribution >= 0.6 is 15.6 Å². The highest BCUT2D eigenvalue weighted by Crippen LogP contribution is 2.45. The summed E-state index contributed by atoms with van der Waals surface area (Å²) in [5, 5.41) is 10.7. The SMILES string of the molecule is CCCCCCCCCCCCCCCCCCCCCC(=O)OC[C@H](COP(=O)(O)OC[C@@H](O)COP(=O)(O)OC[C@@H](COC(=O)CCCCCCCCCCC(C)C)OC(=O)CCCCCCCCCCCCCC)OC(=O)CCCCCCCCCCCCCCCCCCCCC(C)C. The molecule has 0 aromatic rings. The zero-order chi connectivity index (χ0) is 75.6. The van der Waals surface area contributed by atoms with E-state index in [2.05, 4.69) is 41.5 Å². The van der Waals surface area contributed by atoms with E-state index < -0.39 is 97.5 Å². The van der Waals surface area contributed by atoms with Gasteiger partial charge in [0.05, 0.1) is 26.4 Å². The Labute approximate surface area is 632 Å². The monoisotopic (exact) mass is 1510 g/mol. The molecular weight excluding hydrogens is 1340 g/mol. The molecule has 3 N–H and O–H groups in total. The predicted molar refractivity (Wildman–Crippen MR) is 423 cm³/mol. The molecule has 0 aromatic heterocycles. The number of aliphatic hydroxyl groups is 1. The molecule has 0 radical (unpaired) electrons. The fourth-order valence-corrected chi connectivity index (χ4v) is 14.6. The number of aliphatic hydroxyl groups excluding tert-OH is 1. The minimum atomic E-state index is -4.96. The lowest BCUT2D eigenvalue weighted by Crippen LogP contribution is -2.30. The summed E-state index contributed by atoms with van der Waals surface area (Å²) in [5.74, 6) is -0.558. The molecule has 0 rings (SSSR count). The van der Waals surface area contributed by atoms with Gasteiger partial charge in [0.1, 0.15) is 19.3 Å². The average Bonchev–Trinajstić information content (AvgIpc) is 0.912. The van der Waals surface area contributed by atoms with Gasteiger partial charge in [-0.25, -0.2) is 9.13 Å². The van der Waals surface area contributed by atoms with Gasteiger partial charge in [-0.1, -0.05) is 395 Å². The van der Waals surface area contributed by atoms with Gasteiger partial charge in [-0.15, -0.1) is 0 Å². The number of carbonyl (C=O) groups excluding carboxylic acids is 4. The van der Waals surface area contributed by atoms with Crippen LogP contribution in [0, 0.1) is 11.8 Å². The number of phosphoric ester groups is 2. The Kier molecular flexibility index (Phi) is 74.1. The number of hydrogen-bond donors (Lipinski definition) is 3. The van der Waals surface area contributed by atoms with Crippen LogP contribution in [-0.2, 0) is 65.4 Å². The molecule has 0 aliphatic carbocycles. The van der Waals surface area contributed by atoms with E-state index in [1.165, 1.54) is 263 Å². The lowest BCUT2D eigenvalue weighted by Gasteiger charge is -2.21. The zero-order valence-electron chi connectivity index (χ0n) is 67.6. The fourth-order valence-electron chi connectivity index (χ4n) is 13.1. The standard InChI is InChI=1S/C84H164O17P2/c1-7-9-11-13-15-17-19-21-22-23-24-28-31-34-38-41-48-54-60-66-81(86)94-72-79(100-84(89)69-63-57-51-43-39-35-32-29-26-25-27-30-33-36-40-46-52-58-64-76(3)4)74-98-102(90,91)96-70-78(85)71-97-103(92,93)99-75-80(73-95-82(87)67-61-55-49-45-44-47-53-59-65-77(5)6)101-83(88)68-62-56-50-42-37-20-18-16-14-12-10-8-2/h76-80,85H,7-75H2,1-6H3,(H,90,91)(H,92,93)/t78-,79-,80-/m1/s1. The summed E-state index contributed by atoms with van der Waals surface area (Å²) in [4.78, 5) is 73.1. The number of unbranched alkanes of at least 4 members (excludes halogenated alkanes) is 53. The lowest BCUT2D eigenvalue weighted by atomic mass is 10.0. The van der Waals surface area contributed by atoms with Gasteiger partial charge in [0.15, 0.2) is 12.2 Å². The third-order valence-electron chi connectivity index (χ3n) is 19.7. The Balaban J connectivity index is 5.22. The van der Waals surface area contributed by atoms with Gasteiger partial charge >= 0.3 is 39.5 Å². The Hall–Kier alpha value is -1.94. The summed E-state index contributed by atoms with van der Waals surface area (Å²) in [5.41, 5.74) is 0. The first-order valence-electron chi connectivity index (χ1n) is 43.5. The molecule has 0 heterocycles. The van der Waals surface area contributed by atoms with Crippen molar-refractivity contribution in [3.8, 4) is 0 Å². The second-order valence-corrected chi connectivity index (χ2v) is 34.1. The summed E-state index contributed by atoms with van der Waals surface area (Å²) in [7, 11) is -9.92. The minimum absolute atomic E-state index is 0.107. The highest BCUT2D eigenvalue weighted by Gasteiger charge is 2.30. The smallest absolute Gasteiger partial charge is 0.462 e. The van der Waals surface area contributed by atoms with Gasteiger partial charge in [-0.2, -0.15) is 0 Å². The van der Waals surface area contributed by atoms with Gasteiger partial charge in [-0.3, -0.25) is 37.3 Å². The molecule has 0 saturated carbocycles.